The Balaban J connectivity index is 1.59. The lowest BCUT2D eigenvalue weighted by Gasteiger charge is -2.23. The number of hydrogen-bond donors (Lipinski definition) is 1. The smallest absolute Gasteiger partial charge is 0.240 e. The number of halogens is 1. The molecule has 0 fully saturated rings. The molecular formula is C20H23ClN2O6S. The monoisotopic (exact) mass is 454 g/mol. The Hall–Kier alpha value is -2.65. The van der Waals surface area contributed by atoms with Gasteiger partial charge in [0.1, 0.15) is 18.9 Å². The van der Waals surface area contributed by atoms with Gasteiger partial charge in [-0.05, 0) is 43.7 Å². The van der Waals surface area contributed by atoms with Crippen molar-refractivity contribution in [1.82, 2.24) is 5.32 Å². The average molecular weight is 455 g/mol. The fraction of sp³-hybridized carbons (Fsp3) is 0.350. The molecule has 2 aromatic rings. The molecule has 0 atom stereocenters. The van der Waals surface area contributed by atoms with Crippen LogP contribution in [0.15, 0.2) is 36.4 Å². The molecule has 0 spiro atoms. The van der Waals surface area contributed by atoms with Gasteiger partial charge in [-0.25, -0.2) is 8.42 Å². The second-order valence-corrected chi connectivity index (χ2v) is 9.14. The number of nitrogens with zero attached hydrogens (tertiary/aromatic N) is 1. The van der Waals surface area contributed by atoms with E-state index in [1.807, 2.05) is 13.0 Å². The molecule has 0 saturated carbocycles. The van der Waals surface area contributed by atoms with Crippen molar-refractivity contribution in [2.45, 2.75) is 13.8 Å². The first-order valence-electron chi connectivity index (χ1n) is 9.36. The van der Waals surface area contributed by atoms with Gasteiger partial charge in [-0.1, -0.05) is 17.7 Å². The van der Waals surface area contributed by atoms with Crippen LogP contribution < -0.4 is 23.8 Å². The molecule has 10 heteroatoms. The van der Waals surface area contributed by atoms with Gasteiger partial charge in [-0.2, -0.15) is 0 Å². The molecule has 0 bridgehead atoms. The number of fused-ring (bicyclic) bond motifs is 1. The predicted octanol–water partition coefficient (Wildman–Crippen LogP) is 2.73. The minimum Gasteiger partial charge on any atom is -0.492 e. The molecule has 0 aromatic heterocycles. The zero-order chi connectivity index (χ0) is 21.7. The molecule has 0 saturated heterocycles. The summed E-state index contributed by atoms with van der Waals surface area (Å²) in [6, 6.07) is 10.1. The molecule has 1 aliphatic rings. The summed E-state index contributed by atoms with van der Waals surface area (Å²) in [5.41, 5.74) is 1.28. The highest BCUT2D eigenvalue weighted by molar-refractivity contribution is 7.92. The van der Waals surface area contributed by atoms with E-state index in [9.17, 15) is 13.2 Å². The summed E-state index contributed by atoms with van der Waals surface area (Å²) < 4.78 is 42.3. The number of ether oxygens (including phenoxy) is 3. The maximum Gasteiger partial charge on any atom is 0.240 e. The SMILES string of the molecule is CCS(=O)(=O)N(CC(=O)NCCOc1ccc(C)c(Cl)c1)c1ccc2c(c1)OCO2. The van der Waals surface area contributed by atoms with Gasteiger partial charge in [0.2, 0.25) is 22.7 Å². The van der Waals surface area contributed by atoms with Gasteiger partial charge in [0.25, 0.3) is 0 Å². The maximum atomic E-state index is 12.5. The number of benzene rings is 2. The molecule has 1 amide bonds. The Morgan fingerprint density at radius 2 is 1.97 bits per heavy atom. The standard InChI is InChI=1S/C20H23ClN2O6S/c1-3-30(25,26)23(15-5-7-18-19(10-15)29-13-28-18)12-20(24)22-8-9-27-16-6-4-14(2)17(21)11-16/h4-7,10-11H,3,8-9,12-13H2,1-2H3,(H,22,24). The molecule has 30 heavy (non-hydrogen) atoms. The van der Waals surface area contributed by atoms with Crippen molar-refractivity contribution in [3.63, 3.8) is 0 Å². The van der Waals surface area contributed by atoms with Crippen LogP contribution in [0.2, 0.25) is 5.02 Å². The Morgan fingerprint density at radius 3 is 2.70 bits per heavy atom. The van der Waals surface area contributed by atoms with Gasteiger partial charge >= 0.3 is 0 Å². The van der Waals surface area contributed by atoms with E-state index in [2.05, 4.69) is 5.32 Å². The minimum absolute atomic E-state index is 0.0754. The normalized spacial score (nSPS) is 12.5. The number of nitrogens with one attached hydrogen (secondary N) is 1. The van der Waals surface area contributed by atoms with Crippen molar-refractivity contribution in [2.75, 3.05) is 36.5 Å². The third-order valence-corrected chi connectivity index (χ3v) is 6.62. The highest BCUT2D eigenvalue weighted by atomic mass is 35.5. The van der Waals surface area contributed by atoms with E-state index in [-0.39, 0.29) is 32.2 Å². The molecule has 1 heterocycles. The third kappa shape index (κ3) is 5.28. The minimum atomic E-state index is -3.68. The second kappa shape index (κ2) is 9.44. The number of rotatable bonds is 9. The number of amides is 1. The summed E-state index contributed by atoms with van der Waals surface area (Å²) in [6.45, 7) is 3.57. The van der Waals surface area contributed by atoms with Gasteiger partial charge in [-0.15, -0.1) is 0 Å². The highest BCUT2D eigenvalue weighted by Crippen LogP contribution is 2.36. The molecular weight excluding hydrogens is 432 g/mol. The van der Waals surface area contributed by atoms with Crippen molar-refractivity contribution in [3.8, 4) is 17.2 Å². The van der Waals surface area contributed by atoms with E-state index in [1.54, 1.807) is 30.3 Å². The largest absolute Gasteiger partial charge is 0.492 e. The van der Waals surface area contributed by atoms with Crippen LogP contribution in [0.25, 0.3) is 0 Å². The summed E-state index contributed by atoms with van der Waals surface area (Å²) in [5.74, 6) is 0.969. The van der Waals surface area contributed by atoms with Crippen LogP contribution in [0.4, 0.5) is 5.69 Å². The van der Waals surface area contributed by atoms with E-state index in [0.29, 0.717) is 28.0 Å². The Labute approximate surface area is 180 Å². The van der Waals surface area contributed by atoms with Gasteiger partial charge in [0.05, 0.1) is 18.0 Å². The van der Waals surface area contributed by atoms with Crippen LogP contribution >= 0.6 is 11.6 Å². The lowest BCUT2D eigenvalue weighted by Crippen LogP contribution is -2.42. The first-order valence-corrected chi connectivity index (χ1v) is 11.3. The molecule has 3 rings (SSSR count). The number of aryl methyl sites for hydroxylation is 1. The van der Waals surface area contributed by atoms with E-state index in [4.69, 9.17) is 25.8 Å². The van der Waals surface area contributed by atoms with Crippen molar-refractivity contribution in [3.05, 3.63) is 47.0 Å². The number of carbonyl (C=O) groups excluding carboxylic acids is 1. The molecule has 2 aromatic carbocycles. The Kier molecular flexibility index (Phi) is 6.94. The quantitative estimate of drug-likeness (QED) is 0.585. The Morgan fingerprint density at radius 1 is 1.20 bits per heavy atom. The fourth-order valence-electron chi connectivity index (χ4n) is 2.76. The lowest BCUT2D eigenvalue weighted by molar-refractivity contribution is -0.119. The number of hydrogen-bond acceptors (Lipinski definition) is 6. The van der Waals surface area contributed by atoms with Crippen LogP contribution in [0, 0.1) is 6.92 Å². The zero-order valence-corrected chi connectivity index (χ0v) is 18.3. The molecule has 0 unspecified atom stereocenters. The van der Waals surface area contributed by atoms with E-state index >= 15 is 0 Å². The van der Waals surface area contributed by atoms with Crippen LogP contribution in [0.3, 0.4) is 0 Å². The number of sulfonamides is 1. The molecule has 1 aliphatic heterocycles. The van der Waals surface area contributed by atoms with Crippen LogP contribution in [0.1, 0.15) is 12.5 Å². The molecule has 162 valence electrons. The summed E-state index contributed by atoms with van der Waals surface area (Å²) >= 11 is 6.06. The molecule has 1 N–H and O–H groups in total. The van der Waals surface area contributed by atoms with E-state index in [0.717, 1.165) is 9.87 Å². The highest BCUT2D eigenvalue weighted by Gasteiger charge is 2.25. The van der Waals surface area contributed by atoms with Crippen molar-refractivity contribution < 1.29 is 27.4 Å². The van der Waals surface area contributed by atoms with Gasteiger partial charge < -0.3 is 19.5 Å². The van der Waals surface area contributed by atoms with Gasteiger partial charge in [0.15, 0.2) is 11.5 Å². The molecule has 0 radical (unpaired) electrons. The lowest BCUT2D eigenvalue weighted by atomic mass is 10.2. The summed E-state index contributed by atoms with van der Waals surface area (Å²) in [6.07, 6.45) is 0. The second-order valence-electron chi connectivity index (χ2n) is 6.55. The van der Waals surface area contributed by atoms with Gasteiger partial charge in [-0.3, -0.25) is 9.10 Å². The zero-order valence-electron chi connectivity index (χ0n) is 16.7. The first-order chi connectivity index (χ1) is 14.3. The summed E-state index contributed by atoms with van der Waals surface area (Å²) in [5, 5.41) is 3.27. The fourth-order valence-corrected chi connectivity index (χ4v) is 3.99. The third-order valence-electron chi connectivity index (χ3n) is 4.47. The molecule has 0 aliphatic carbocycles. The van der Waals surface area contributed by atoms with Crippen LogP contribution in [-0.4, -0.2) is 46.6 Å². The summed E-state index contributed by atoms with van der Waals surface area (Å²) in [4.78, 5) is 12.4. The number of anilines is 1. The van der Waals surface area contributed by atoms with Crippen molar-refractivity contribution in [2.24, 2.45) is 0 Å². The first kappa shape index (κ1) is 22.0. The Bertz CT molecular complexity index is 1030. The topological polar surface area (TPSA) is 94.2 Å². The van der Waals surface area contributed by atoms with Crippen molar-refractivity contribution in [1.29, 1.82) is 0 Å². The van der Waals surface area contributed by atoms with Crippen LogP contribution in [0.5, 0.6) is 17.2 Å². The maximum absolute atomic E-state index is 12.5. The summed E-state index contributed by atoms with van der Waals surface area (Å²) in [7, 11) is -3.68. The van der Waals surface area contributed by atoms with Crippen molar-refractivity contribution >= 4 is 33.2 Å². The average Bonchev–Trinajstić information content (AvgIpc) is 3.19. The van der Waals surface area contributed by atoms with E-state index in [1.165, 1.54) is 6.92 Å². The van der Waals surface area contributed by atoms with E-state index < -0.39 is 15.9 Å². The molecule has 8 nitrogen and oxygen atoms in total. The predicted molar refractivity (Wildman–Crippen MR) is 114 cm³/mol. The van der Waals surface area contributed by atoms with Crippen LogP contribution in [-0.2, 0) is 14.8 Å². The number of carbonyl (C=O) groups is 1. The van der Waals surface area contributed by atoms with Gasteiger partial charge in [0, 0.05) is 11.1 Å².